The SMILES string of the molecule is C#CCOc1ccc(C=c2sc3n(c2=O)C(c2ccccc2Cl)C(C(=O)OC(C)C)=C(C)N=3)cc1. The number of benzene rings is 2. The van der Waals surface area contributed by atoms with Gasteiger partial charge in [-0.1, -0.05) is 59.2 Å². The fourth-order valence-corrected chi connectivity index (χ4v) is 5.07. The predicted octanol–water partition coefficient (Wildman–Crippen LogP) is 3.85. The first-order valence-electron chi connectivity index (χ1n) is 10.9. The first-order chi connectivity index (χ1) is 16.8. The highest BCUT2D eigenvalue weighted by molar-refractivity contribution is 7.07. The van der Waals surface area contributed by atoms with Crippen molar-refractivity contribution in [3.05, 3.63) is 95.6 Å². The van der Waals surface area contributed by atoms with Crippen LogP contribution in [0.3, 0.4) is 0 Å². The number of carbonyl (C=O) groups is 1. The average molecular weight is 507 g/mol. The summed E-state index contributed by atoms with van der Waals surface area (Å²) in [7, 11) is 0. The van der Waals surface area contributed by atoms with E-state index in [1.165, 1.54) is 15.9 Å². The maximum atomic E-state index is 13.6. The van der Waals surface area contributed by atoms with E-state index in [4.69, 9.17) is 27.5 Å². The standard InChI is InChI=1S/C27H23ClN2O4S/c1-5-14-33-19-12-10-18(11-13-19)15-22-25(31)30-24(20-8-6-7-9-21(20)28)23(26(32)34-16(2)3)17(4)29-27(30)35-22/h1,6-13,15-16,24H,14H2,2-4H3. The summed E-state index contributed by atoms with van der Waals surface area (Å²) in [5.41, 5.74) is 1.95. The third-order valence-electron chi connectivity index (χ3n) is 5.28. The highest BCUT2D eigenvalue weighted by Crippen LogP contribution is 2.34. The monoisotopic (exact) mass is 506 g/mol. The van der Waals surface area contributed by atoms with E-state index in [1.807, 2.05) is 18.2 Å². The van der Waals surface area contributed by atoms with E-state index in [0.717, 1.165) is 5.56 Å². The summed E-state index contributed by atoms with van der Waals surface area (Å²) in [5.74, 6) is 2.54. The van der Waals surface area contributed by atoms with E-state index in [2.05, 4.69) is 10.9 Å². The van der Waals surface area contributed by atoms with E-state index in [-0.39, 0.29) is 18.3 Å². The molecular formula is C27H23ClN2O4S. The fourth-order valence-electron chi connectivity index (χ4n) is 3.79. The minimum atomic E-state index is -0.757. The van der Waals surface area contributed by atoms with Crippen molar-refractivity contribution >= 4 is 35.0 Å². The molecule has 0 spiro atoms. The van der Waals surface area contributed by atoms with E-state index < -0.39 is 12.0 Å². The number of allylic oxidation sites excluding steroid dienone is 1. The minimum Gasteiger partial charge on any atom is -0.481 e. The van der Waals surface area contributed by atoms with Gasteiger partial charge in [-0.15, -0.1) is 6.42 Å². The number of thiazole rings is 1. The zero-order valence-electron chi connectivity index (χ0n) is 19.4. The highest BCUT2D eigenvalue weighted by atomic mass is 35.5. The molecule has 8 heteroatoms. The Labute approximate surface area is 211 Å². The largest absolute Gasteiger partial charge is 0.481 e. The molecule has 0 amide bonds. The normalized spacial score (nSPS) is 15.4. The topological polar surface area (TPSA) is 69.9 Å². The van der Waals surface area contributed by atoms with Crippen LogP contribution in [0.5, 0.6) is 5.75 Å². The van der Waals surface area contributed by atoms with E-state index in [0.29, 0.717) is 36.9 Å². The lowest BCUT2D eigenvalue weighted by Crippen LogP contribution is -2.40. The van der Waals surface area contributed by atoms with Gasteiger partial charge in [0.05, 0.1) is 21.9 Å². The molecule has 1 atom stereocenters. The van der Waals surface area contributed by atoms with Crippen LogP contribution in [0, 0.1) is 12.3 Å². The summed E-state index contributed by atoms with van der Waals surface area (Å²) in [6, 6.07) is 13.7. The molecule has 1 aliphatic heterocycles. The molecule has 1 aromatic heterocycles. The van der Waals surface area contributed by atoms with Crippen LogP contribution in [0.15, 0.2) is 69.6 Å². The third kappa shape index (κ3) is 5.09. The van der Waals surface area contributed by atoms with Gasteiger partial charge in [-0.05, 0) is 56.2 Å². The van der Waals surface area contributed by atoms with Gasteiger partial charge in [0.15, 0.2) is 4.80 Å². The lowest BCUT2D eigenvalue weighted by Gasteiger charge is -2.26. The smallest absolute Gasteiger partial charge is 0.338 e. The van der Waals surface area contributed by atoms with Gasteiger partial charge in [-0.25, -0.2) is 9.79 Å². The fraction of sp³-hybridized carbons (Fsp3) is 0.222. The second-order valence-corrected chi connectivity index (χ2v) is 9.54. The van der Waals surface area contributed by atoms with E-state index in [9.17, 15) is 9.59 Å². The Hall–Kier alpha value is -3.60. The van der Waals surface area contributed by atoms with Crippen molar-refractivity contribution in [1.29, 1.82) is 0 Å². The average Bonchev–Trinajstić information content (AvgIpc) is 3.12. The number of fused-ring (bicyclic) bond motifs is 1. The van der Waals surface area contributed by atoms with Gasteiger partial charge in [-0.2, -0.15) is 0 Å². The second kappa shape index (κ2) is 10.3. The summed E-state index contributed by atoms with van der Waals surface area (Å²) >= 11 is 7.79. The van der Waals surface area contributed by atoms with Gasteiger partial charge in [0.2, 0.25) is 0 Å². The molecule has 3 aromatic rings. The van der Waals surface area contributed by atoms with Crippen molar-refractivity contribution in [2.24, 2.45) is 4.99 Å². The maximum absolute atomic E-state index is 13.6. The Kier molecular flexibility index (Phi) is 7.25. The number of hydrogen-bond donors (Lipinski definition) is 0. The molecule has 0 aliphatic carbocycles. The Morgan fingerprint density at radius 1 is 1.26 bits per heavy atom. The van der Waals surface area contributed by atoms with Gasteiger partial charge in [0.1, 0.15) is 18.4 Å². The van der Waals surface area contributed by atoms with Crippen LogP contribution < -0.4 is 19.6 Å². The molecule has 0 fully saturated rings. The Morgan fingerprint density at radius 3 is 2.63 bits per heavy atom. The lowest BCUT2D eigenvalue weighted by atomic mass is 9.96. The molecule has 0 N–H and O–H groups in total. The van der Waals surface area contributed by atoms with Crippen molar-refractivity contribution in [2.45, 2.75) is 32.9 Å². The van der Waals surface area contributed by atoms with Gasteiger partial charge < -0.3 is 9.47 Å². The summed E-state index contributed by atoms with van der Waals surface area (Å²) in [4.78, 5) is 31.8. The highest BCUT2D eigenvalue weighted by Gasteiger charge is 2.34. The van der Waals surface area contributed by atoms with Crippen LogP contribution in [0.2, 0.25) is 5.02 Å². The van der Waals surface area contributed by atoms with Crippen LogP contribution in [0.1, 0.15) is 37.9 Å². The molecule has 2 aromatic carbocycles. The number of ether oxygens (including phenoxy) is 2. The zero-order valence-corrected chi connectivity index (χ0v) is 21.0. The van der Waals surface area contributed by atoms with Crippen LogP contribution >= 0.6 is 22.9 Å². The molecule has 0 saturated heterocycles. The molecule has 35 heavy (non-hydrogen) atoms. The van der Waals surface area contributed by atoms with Gasteiger partial charge >= 0.3 is 5.97 Å². The number of nitrogens with zero attached hydrogens (tertiary/aromatic N) is 2. The van der Waals surface area contributed by atoms with Crippen molar-refractivity contribution in [3.63, 3.8) is 0 Å². The molecular weight excluding hydrogens is 484 g/mol. The van der Waals surface area contributed by atoms with Gasteiger partial charge in [-0.3, -0.25) is 9.36 Å². The van der Waals surface area contributed by atoms with Crippen molar-refractivity contribution in [1.82, 2.24) is 4.57 Å². The zero-order chi connectivity index (χ0) is 25.1. The summed E-state index contributed by atoms with van der Waals surface area (Å²) in [5, 5.41) is 0.444. The van der Waals surface area contributed by atoms with E-state index in [1.54, 1.807) is 57.2 Å². The second-order valence-electron chi connectivity index (χ2n) is 8.12. The first-order valence-corrected chi connectivity index (χ1v) is 12.1. The first kappa shape index (κ1) is 24.5. The van der Waals surface area contributed by atoms with Gasteiger partial charge in [0, 0.05) is 5.02 Å². The summed E-state index contributed by atoms with van der Waals surface area (Å²) < 4.78 is 12.9. The minimum absolute atomic E-state index is 0.181. The quantitative estimate of drug-likeness (QED) is 0.376. The molecule has 6 nitrogen and oxygen atoms in total. The molecule has 1 unspecified atom stereocenters. The summed E-state index contributed by atoms with van der Waals surface area (Å²) in [6.07, 6.45) is 6.69. The molecule has 2 heterocycles. The molecule has 0 bridgehead atoms. The Bertz CT molecular complexity index is 1520. The number of rotatable bonds is 6. The Balaban J connectivity index is 1.86. The molecule has 0 saturated carbocycles. The van der Waals surface area contributed by atoms with Gasteiger partial charge in [0.25, 0.3) is 5.56 Å². The molecule has 178 valence electrons. The van der Waals surface area contributed by atoms with Crippen LogP contribution in [0.4, 0.5) is 0 Å². The predicted molar refractivity (Wildman–Crippen MR) is 137 cm³/mol. The van der Waals surface area contributed by atoms with Crippen molar-refractivity contribution in [2.75, 3.05) is 6.61 Å². The number of carbonyl (C=O) groups excluding carboxylic acids is 1. The number of aromatic nitrogens is 1. The number of esters is 1. The molecule has 4 rings (SSSR count). The van der Waals surface area contributed by atoms with Crippen molar-refractivity contribution in [3.8, 4) is 18.1 Å². The number of terminal acetylenes is 1. The van der Waals surface area contributed by atoms with Crippen LogP contribution in [-0.2, 0) is 9.53 Å². The van der Waals surface area contributed by atoms with E-state index >= 15 is 0 Å². The molecule has 0 radical (unpaired) electrons. The van der Waals surface area contributed by atoms with Crippen LogP contribution in [0.25, 0.3) is 6.08 Å². The maximum Gasteiger partial charge on any atom is 0.338 e. The van der Waals surface area contributed by atoms with Crippen LogP contribution in [-0.4, -0.2) is 23.2 Å². The number of hydrogen-bond acceptors (Lipinski definition) is 6. The van der Waals surface area contributed by atoms with Crippen molar-refractivity contribution < 1.29 is 14.3 Å². The summed E-state index contributed by atoms with van der Waals surface area (Å²) in [6.45, 7) is 5.47. The molecule has 1 aliphatic rings. The Morgan fingerprint density at radius 2 is 1.97 bits per heavy atom. The number of halogens is 1. The lowest BCUT2D eigenvalue weighted by molar-refractivity contribution is -0.143. The third-order valence-corrected chi connectivity index (χ3v) is 6.61.